The van der Waals surface area contributed by atoms with E-state index in [-0.39, 0.29) is 12.1 Å². The summed E-state index contributed by atoms with van der Waals surface area (Å²) in [5, 5.41) is 12.1. The monoisotopic (exact) mass is 270 g/mol. The van der Waals surface area contributed by atoms with Crippen LogP contribution in [0.5, 0.6) is 0 Å². The van der Waals surface area contributed by atoms with Crippen LogP contribution in [0.1, 0.15) is 52.9 Å². The van der Waals surface area contributed by atoms with Gasteiger partial charge in [-0.3, -0.25) is 0 Å². The Labute approximate surface area is 115 Å². The second-order valence-corrected chi connectivity index (χ2v) is 6.01. The zero-order valence-electron chi connectivity index (χ0n) is 12.4. The average molecular weight is 270 g/mol. The van der Waals surface area contributed by atoms with E-state index >= 15 is 0 Å². The summed E-state index contributed by atoms with van der Waals surface area (Å²) in [5.41, 5.74) is -1.19. The number of carbonyl (C=O) groups is 2. The number of carboxylic acid groups (broad SMARTS) is 1. The van der Waals surface area contributed by atoms with Gasteiger partial charge in [0.15, 0.2) is 0 Å². The van der Waals surface area contributed by atoms with Gasteiger partial charge in [-0.05, 0) is 32.6 Å². The number of nitrogens with one attached hydrogen (secondary N) is 1. The highest BCUT2D eigenvalue weighted by Gasteiger charge is 2.36. The van der Waals surface area contributed by atoms with Gasteiger partial charge in [0.1, 0.15) is 5.54 Å². The predicted molar refractivity (Wildman–Crippen MR) is 74.0 cm³/mol. The minimum Gasteiger partial charge on any atom is -0.480 e. The van der Waals surface area contributed by atoms with Gasteiger partial charge in [0.05, 0.1) is 0 Å². The molecule has 1 fully saturated rings. The lowest BCUT2D eigenvalue weighted by molar-refractivity contribution is -0.146. The standard InChI is InChI=1S/C14H26N2O3/c1-5-10-7-6-8-11(9-10)15-13(19)16(4)14(2,3)12(17)18/h10-11H,5-9H2,1-4H3,(H,15,19)(H,17,18). The van der Waals surface area contributed by atoms with Crippen LogP contribution in [0.15, 0.2) is 0 Å². The Kier molecular flexibility index (Phi) is 5.20. The summed E-state index contributed by atoms with van der Waals surface area (Å²) in [7, 11) is 1.53. The fourth-order valence-corrected chi connectivity index (χ4v) is 2.46. The number of urea groups is 1. The van der Waals surface area contributed by atoms with Crippen molar-refractivity contribution in [2.75, 3.05) is 7.05 Å². The van der Waals surface area contributed by atoms with Gasteiger partial charge in [0.2, 0.25) is 0 Å². The third kappa shape index (κ3) is 3.85. The Morgan fingerprint density at radius 2 is 2.00 bits per heavy atom. The van der Waals surface area contributed by atoms with Gasteiger partial charge in [-0.1, -0.05) is 26.2 Å². The molecule has 1 rings (SSSR count). The first-order valence-corrected chi connectivity index (χ1v) is 7.06. The molecule has 19 heavy (non-hydrogen) atoms. The molecule has 2 atom stereocenters. The zero-order valence-corrected chi connectivity index (χ0v) is 12.4. The molecule has 2 amide bonds. The van der Waals surface area contributed by atoms with Gasteiger partial charge in [0.25, 0.3) is 0 Å². The third-order valence-corrected chi connectivity index (χ3v) is 4.35. The fraction of sp³-hybridized carbons (Fsp3) is 0.857. The molecule has 0 heterocycles. The van der Waals surface area contributed by atoms with E-state index in [4.69, 9.17) is 5.11 Å². The Hall–Kier alpha value is -1.26. The molecule has 1 aliphatic rings. The second-order valence-electron chi connectivity index (χ2n) is 6.01. The highest BCUT2D eigenvalue weighted by molar-refractivity contribution is 5.85. The van der Waals surface area contributed by atoms with Gasteiger partial charge in [-0.15, -0.1) is 0 Å². The van der Waals surface area contributed by atoms with Crippen molar-refractivity contribution >= 4 is 12.0 Å². The molecule has 0 bridgehead atoms. The van der Waals surface area contributed by atoms with Crippen molar-refractivity contribution in [1.29, 1.82) is 0 Å². The van der Waals surface area contributed by atoms with Gasteiger partial charge < -0.3 is 15.3 Å². The van der Waals surface area contributed by atoms with Crippen molar-refractivity contribution in [3.8, 4) is 0 Å². The maximum absolute atomic E-state index is 12.1. The first kappa shape index (κ1) is 15.8. The number of aliphatic carboxylic acids is 1. The molecule has 0 aliphatic heterocycles. The quantitative estimate of drug-likeness (QED) is 0.824. The van der Waals surface area contributed by atoms with Crippen LogP contribution in [-0.4, -0.2) is 40.6 Å². The predicted octanol–water partition coefficient (Wildman–Crippen LogP) is 2.46. The Bertz CT molecular complexity index is 342. The maximum atomic E-state index is 12.1. The summed E-state index contributed by atoms with van der Waals surface area (Å²) in [6.07, 6.45) is 5.50. The average Bonchev–Trinajstić information content (AvgIpc) is 2.37. The van der Waals surface area contributed by atoms with E-state index in [9.17, 15) is 9.59 Å². The molecule has 0 aromatic carbocycles. The summed E-state index contributed by atoms with van der Waals surface area (Å²) < 4.78 is 0. The second kappa shape index (κ2) is 6.26. The van der Waals surface area contributed by atoms with E-state index in [0.717, 1.165) is 25.7 Å². The molecule has 2 N–H and O–H groups in total. The molecular formula is C14H26N2O3. The summed E-state index contributed by atoms with van der Waals surface area (Å²) in [6, 6.07) is -0.118. The van der Waals surface area contributed by atoms with Gasteiger partial charge in [-0.2, -0.15) is 0 Å². The first-order valence-electron chi connectivity index (χ1n) is 7.06. The van der Waals surface area contributed by atoms with Crippen molar-refractivity contribution < 1.29 is 14.7 Å². The Balaban J connectivity index is 2.57. The topological polar surface area (TPSA) is 69.6 Å². The SMILES string of the molecule is CCC1CCCC(NC(=O)N(C)C(C)(C)C(=O)O)C1. The van der Waals surface area contributed by atoms with E-state index in [1.165, 1.54) is 32.2 Å². The van der Waals surface area contributed by atoms with Crippen molar-refractivity contribution in [3.63, 3.8) is 0 Å². The third-order valence-electron chi connectivity index (χ3n) is 4.35. The van der Waals surface area contributed by atoms with Gasteiger partial charge >= 0.3 is 12.0 Å². The number of rotatable bonds is 4. The molecule has 1 saturated carbocycles. The van der Waals surface area contributed by atoms with Crippen LogP contribution in [0, 0.1) is 5.92 Å². The van der Waals surface area contributed by atoms with E-state index in [0.29, 0.717) is 5.92 Å². The highest BCUT2D eigenvalue weighted by atomic mass is 16.4. The van der Waals surface area contributed by atoms with E-state index < -0.39 is 11.5 Å². The van der Waals surface area contributed by atoms with Crippen LogP contribution in [0.2, 0.25) is 0 Å². The van der Waals surface area contributed by atoms with E-state index in [1.807, 2.05) is 0 Å². The van der Waals surface area contributed by atoms with Crippen LogP contribution in [0.3, 0.4) is 0 Å². The Morgan fingerprint density at radius 1 is 1.37 bits per heavy atom. The highest BCUT2D eigenvalue weighted by Crippen LogP contribution is 2.26. The first-order chi connectivity index (χ1) is 8.78. The minimum atomic E-state index is -1.19. The number of carbonyl (C=O) groups excluding carboxylic acids is 1. The van der Waals surface area contributed by atoms with Gasteiger partial charge in [0, 0.05) is 13.1 Å². The molecule has 0 spiro atoms. The van der Waals surface area contributed by atoms with Crippen molar-refractivity contribution in [1.82, 2.24) is 10.2 Å². The van der Waals surface area contributed by atoms with Crippen LogP contribution < -0.4 is 5.32 Å². The number of nitrogens with zero attached hydrogens (tertiary/aromatic N) is 1. The van der Waals surface area contributed by atoms with Crippen molar-refractivity contribution in [2.24, 2.45) is 5.92 Å². The molecule has 0 saturated heterocycles. The van der Waals surface area contributed by atoms with E-state index in [2.05, 4.69) is 12.2 Å². The van der Waals surface area contributed by atoms with Crippen molar-refractivity contribution in [3.05, 3.63) is 0 Å². The molecule has 0 aromatic rings. The molecule has 0 radical (unpaired) electrons. The smallest absolute Gasteiger partial charge is 0.329 e. The summed E-state index contributed by atoms with van der Waals surface area (Å²) >= 11 is 0. The van der Waals surface area contributed by atoms with Gasteiger partial charge in [-0.25, -0.2) is 9.59 Å². The minimum absolute atomic E-state index is 0.179. The summed E-state index contributed by atoms with van der Waals surface area (Å²) in [4.78, 5) is 24.5. The number of hydrogen-bond acceptors (Lipinski definition) is 2. The maximum Gasteiger partial charge on any atom is 0.329 e. The number of carboxylic acids is 1. The molecule has 2 unspecified atom stereocenters. The molecule has 110 valence electrons. The fourth-order valence-electron chi connectivity index (χ4n) is 2.46. The molecular weight excluding hydrogens is 244 g/mol. The normalized spacial score (nSPS) is 23.8. The number of hydrogen-bond donors (Lipinski definition) is 2. The molecule has 5 heteroatoms. The Morgan fingerprint density at radius 3 is 2.53 bits per heavy atom. The lowest BCUT2D eigenvalue weighted by Crippen LogP contribution is -2.56. The molecule has 0 aromatic heterocycles. The molecule has 5 nitrogen and oxygen atoms in total. The van der Waals surface area contributed by atoms with E-state index in [1.54, 1.807) is 0 Å². The summed E-state index contributed by atoms with van der Waals surface area (Å²) in [5.74, 6) is -0.322. The van der Waals surface area contributed by atoms with Crippen molar-refractivity contribution in [2.45, 2.75) is 64.5 Å². The van der Waals surface area contributed by atoms with Crippen LogP contribution >= 0.6 is 0 Å². The number of amides is 2. The largest absolute Gasteiger partial charge is 0.480 e. The van der Waals surface area contributed by atoms with Crippen LogP contribution in [0.4, 0.5) is 4.79 Å². The summed E-state index contributed by atoms with van der Waals surface area (Å²) in [6.45, 7) is 5.24. The van der Waals surface area contributed by atoms with Crippen LogP contribution in [0.25, 0.3) is 0 Å². The zero-order chi connectivity index (χ0) is 14.6. The lowest BCUT2D eigenvalue weighted by Gasteiger charge is -2.35. The lowest BCUT2D eigenvalue weighted by atomic mass is 9.84. The van der Waals surface area contributed by atoms with Crippen LogP contribution in [-0.2, 0) is 4.79 Å². The number of likely N-dealkylation sites (N-methyl/N-ethyl adjacent to an activating group) is 1. The molecule has 1 aliphatic carbocycles.